The van der Waals surface area contributed by atoms with Gasteiger partial charge in [0.1, 0.15) is 11.6 Å². The van der Waals surface area contributed by atoms with Crippen molar-refractivity contribution in [2.24, 2.45) is 0 Å². The number of nitrogens with one attached hydrogen (secondary N) is 1. The van der Waals surface area contributed by atoms with Crippen LogP contribution in [0.2, 0.25) is 0 Å². The normalized spacial score (nSPS) is 10.3. The lowest BCUT2D eigenvalue weighted by molar-refractivity contribution is 0.442. The molecule has 1 heterocycles. The maximum atomic E-state index is 13.1. The van der Waals surface area contributed by atoms with Crippen LogP contribution in [0.1, 0.15) is 0 Å². The number of hydrogen-bond donors (Lipinski definition) is 1. The minimum absolute atomic E-state index is 0.173. The van der Waals surface area contributed by atoms with Gasteiger partial charge in [-0.25, -0.2) is 13.8 Å². The van der Waals surface area contributed by atoms with Crippen molar-refractivity contribution in [3.8, 4) is 11.6 Å². The SMILES string of the molecule is CNc1cc(Oc2ccc(F)c(F)c2)nc(SC)n1. The summed E-state index contributed by atoms with van der Waals surface area (Å²) in [5.41, 5.74) is 0. The van der Waals surface area contributed by atoms with Crippen molar-refractivity contribution < 1.29 is 13.5 Å². The fraction of sp³-hybridized carbons (Fsp3) is 0.167. The highest BCUT2D eigenvalue weighted by molar-refractivity contribution is 7.98. The van der Waals surface area contributed by atoms with E-state index < -0.39 is 11.6 Å². The Morgan fingerprint density at radius 3 is 2.58 bits per heavy atom. The molecule has 2 rings (SSSR count). The van der Waals surface area contributed by atoms with Gasteiger partial charge in [-0.15, -0.1) is 0 Å². The number of nitrogens with zero attached hydrogens (tertiary/aromatic N) is 2. The fourth-order valence-electron chi connectivity index (χ4n) is 1.34. The Kier molecular flexibility index (Phi) is 4.16. The second kappa shape index (κ2) is 5.83. The maximum absolute atomic E-state index is 13.1. The summed E-state index contributed by atoms with van der Waals surface area (Å²) in [6.07, 6.45) is 1.83. The molecule has 0 spiro atoms. The zero-order valence-corrected chi connectivity index (χ0v) is 11.1. The summed E-state index contributed by atoms with van der Waals surface area (Å²) in [6, 6.07) is 4.87. The third-order valence-electron chi connectivity index (χ3n) is 2.23. The van der Waals surface area contributed by atoms with Crippen LogP contribution in [0.15, 0.2) is 29.4 Å². The molecule has 0 bridgehead atoms. The summed E-state index contributed by atoms with van der Waals surface area (Å²) in [5, 5.41) is 3.39. The lowest BCUT2D eigenvalue weighted by Gasteiger charge is -2.08. The molecule has 0 fully saturated rings. The summed E-state index contributed by atoms with van der Waals surface area (Å²) in [5.74, 6) is -0.875. The number of hydrogen-bond acceptors (Lipinski definition) is 5. The van der Waals surface area contributed by atoms with Crippen LogP contribution in [0.5, 0.6) is 11.6 Å². The molecule has 0 aliphatic heterocycles. The van der Waals surface area contributed by atoms with Crippen molar-refractivity contribution in [3.05, 3.63) is 35.9 Å². The van der Waals surface area contributed by atoms with Crippen LogP contribution in [0, 0.1) is 11.6 Å². The second-order valence-corrected chi connectivity index (χ2v) is 4.28. The van der Waals surface area contributed by atoms with E-state index in [0.717, 1.165) is 12.1 Å². The van der Waals surface area contributed by atoms with Gasteiger partial charge < -0.3 is 10.1 Å². The number of aromatic nitrogens is 2. The molecule has 0 radical (unpaired) electrons. The van der Waals surface area contributed by atoms with E-state index >= 15 is 0 Å². The smallest absolute Gasteiger partial charge is 0.225 e. The number of thioether (sulfide) groups is 1. The van der Waals surface area contributed by atoms with Crippen molar-refractivity contribution in [3.63, 3.8) is 0 Å². The standard InChI is InChI=1S/C12H11F2N3OS/c1-15-10-6-11(17-12(16-10)19-2)18-7-3-4-8(13)9(14)5-7/h3-6H,1-2H3,(H,15,16,17). The minimum Gasteiger partial charge on any atom is -0.439 e. The fourth-order valence-corrected chi connectivity index (χ4v) is 1.71. The van der Waals surface area contributed by atoms with Crippen LogP contribution in [0.3, 0.4) is 0 Å². The molecule has 1 aromatic carbocycles. The maximum Gasteiger partial charge on any atom is 0.225 e. The van der Waals surface area contributed by atoms with Gasteiger partial charge in [-0.1, -0.05) is 11.8 Å². The van der Waals surface area contributed by atoms with E-state index in [9.17, 15) is 8.78 Å². The Morgan fingerprint density at radius 2 is 1.95 bits per heavy atom. The molecule has 4 nitrogen and oxygen atoms in total. The van der Waals surface area contributed by atoms with Crippen LogP contribution < -0.4 is 10.1 Å². The lowest BCUT2D eigenvalue weighted by atomic mass is 10.3. The highest BCUT2D eigenvalue weighted by Crippen LogP contribution is 2.25. The van der Waals surface area contributed by atoms with Crippen LogP contribution in [0.4, 0.5) is 14.6 Å². The first-order chi connectivity index (χ1) is 9.12. The third-order valence-corrected chi connectivity index (χ3v) is 2.78. The Labute approximate surface area is 113 Å². The van der Waals surface area contributed by atoms with Crippen molar-refractivity contribution in [2.75, 3.05) is 18.6 Å². The topological polar surface area (TPSA) is 47.0 Å². The first-order valence-electron chi connectivity index (χ1n) is 5.36. The predicted molar refractivity (Wildman–Crippen MR) is 69.8 cm³/mol. The van der Waals surface area contributed by atoms with E-state index in [2.05, 4.69) is 15.3 Å². The Morgan fingerprint density at radius 1 is 1.16 bits per heavy atom. The quantitative estimate of drug-likeness (QED) is 0.689. The highest BCUT2D eigenvalue weighted by atomic mass is 32.2. The van der Waals surface area contributed by atoms with E-state index in [1.807, 2.05) is 6.26 Å². The first-order valence-corrected chi connectivity index (χ1v) is 6.58. The monoisotopic (exact) mass is 283 g/mol. The molecule has 100 valence electrons. The number of anilines is 1. The van der Waals surface area contributed by atoms with E-state index in [1.54, 1.807) is 13.1 Å². The zero-order chi connectivity index (χ0) is 13.8. The van der Waals surface area contributed by atoms with Crippen molar-refractivity contribution in [2.45, 2.75) is 5.16 Å². The van der Waals surface area contributed by atoms with Gasteiger partial charge in [-0.05, 0) is 18.4 Å². The van der Waals surface area contributed by atoms with Gasteiger partial charge in [0.2, 0.25) is 5.88 Å². The molecule has 0 saturated heterocycles. The number of benzene rings is 1. The molecule has 0 unspecified atom stereocenters. The van der Waals surface area contributed by atoms with Crippen LogP contribution >= 0.6 is 11.8 Å². The van der Waals surface area contributed by atoms with Crippen LogP contribution in [-0.4, -0.2) is 23.3 Å². The average Bonchev–Trinajstić information content (AvgIpc) is 2.42. The van der Waals surface area contributed by atoms with E-state index in [-0.39, 0.29) is 11.6 Å². The van der Waals surface area contributed by atoms with Gasteiger partial charge in [0.05, 0.1) is 0 Å². The molecule has 19 heavy (non-hydrogen) atoms. The number of ether oxygens (including phenoxy) is 1. The van der Waals surface area contributed by atoms with Gasteiger partial charge in [0.15, 0.2) is 16.8 Å². The van der Waals surface area contributed by atoms with Crippen LogP contribution in [-0.2, 0) is 0 Å². The molecular formula is C12H11F2N3OS. The molecule has 0 saturated carbocycles. The first kappa shape index (κ1) is 13.5. The Hall–Kier alpha value is -1.89. The minimum atomic E-state index is -0.967. The van der Waals surface area contributed by atoms with E-state index in [0.29, 0.717) is 11.0 Å². The molecule has 1 N–H and O–H groups in total. The van der Waals surface area contributed by atoms with Crippen molar-refractivity contribution >= 4 is 17.6 Å². The molecule has 0 atom stereocenters. The predicted octanol–water partition coefficient (Wildman–Crippen LogP) is 3.31. The van der Waals surface area contributed by atoms with Gasteiger partial charge in [-0.2, -0.15) is 4.98 Å². The Balaban J connectivity index is 2.29. The van der Waals surface area contributed by atoms with E-state index in [4.69, 9.17) is 4.74 Å². The Bertz CT molecular complexity index is 573. The third kappa shape index (κ3) is 3.31. The number of rotatable bonds is 4. The molecule has 1 aromatic heterocycles. The molecular weight excluding hydrogens is 272 g/mol. The summed E-state index contributed by atoms with van der Waals surface area (Å²) >= 11 is 1.35. The van der Waals surface area contributed by atoms with Gasteiger partial charge in [0, 0.05) is 19.2 Å². The van der Waals surface area contributed by atoms with Crippen LogP contribution in [0.25, 0.3) is 0 Å². The van der Waals surface area contributed by atoms with Gasteiger partial charge in [-0.3, -0.25) is 0 Å². The largest absolute Gasteiger partial charge is 0.439 e. The molecule has 0 aliphatic carbocycles. The van der Waals surface area contributed by atoms with Crippen molar-refractivity contribution in [1.29, 1.82) is 0 Å². The summed E-state index contributed by atoms with van der Waals surface area (Å²) in [7, 11) is 1.72. The van der Waals surface area contributed by atoms with Crippen molar-refractivity contribution in [1.82, 2.24) is 9.97 Å². The van der Waals surface area contributed by atoms with E-state index in [1.165, 1.54) is 17.8 Å². The second-order valence-electron chi connectivity index (χ2n) is 3.51. The zero-order valence-electron chi connectivity index (χ0n) is 10.3. The molecule has 7 heteroatoms. The summed E-state index contributed by atoms with van der Waals surface area (Å²) in [6.45, 7) is 0. The average molecular weight is 283 g/mol. The van der Waals surface area contributed by atoms with Gasteiger partial charge >= 0.3 is 0 Å². The summed E-state index contributed by atoms with van der Waals surface area (Å²) in [4.78, 5) is 8.29. The highest BCUT2D eigenvalue weighted by Gasteiger charge is 2.08. The molecule has 2 aromatic rings. The number of halogens is 2. The van der Waals surface area contributed by atoms with Gasteiger partial charge in [0.25, 0.3) is 0 Å². The lowest BCUT2D eigenvalue weighted by Crippen LogP contribution is -1.98. The molecule has 0 amide bonds. The molecule has 0 aliphatic rings. The summed E-state index contributed by atoms with van der Waals surface area (Å²) < 4.78 is 31.3.